The number of amides is 2. The second kappa shape index (κ2) is 7.65. The van der Waals surface area contributed by atoms with Crippen molar-refractivity contribution in [2.45, 2.75) is 44.7 Å². The van der Waals surface area contributed by atoms with Crippen LogP contribution in [0.1, 0.15) is 38.2 Å². The molecule has 1 aromatic rings. The number of rotatable bonds is 3. The van der Waals surface area contributed by atoms with Crippen LogP contribution < -0.4 is 5.32 Å². The highest BCUT2D eigenvalue weighted by Crippen LogP contribution is 2.27. The molecular weight excluding hydrogens is 347 g/mol. The van der Waals surface area contributed by atoms with Crippen LogP contribution in [0.2, 0.25) is 0 Å². The molecule has 2 unspecified atom stereocenters. The lowest BCUT2D eigenvalue weighted by Crippen LogP contribution is -2.43. The Hall–Kier alpha value is -2.09. The van der Waals surface area contributed by atoms with E-state index in [4.69, 9.17) is 0 Å². The minimum Gasteiger partial charge on any atom is -0.330 e. The molecule has 2 heterocycles. The highest BCUT2D eigenvalue weighted by atomic mass is 19.3. The largest absolute Gasteiger partial charge is 0.330 e. The van der Waals surface area contributed by atoms with Crippen LogP contribution in [0.5, 0.6) is 0 Å². The van der Waals surface area contributed by atoms with Crippen LogP contribution in [-0.4, -0.2) is 53.3 Å². The predicted molar refractivity (Wildman–Crippen MR) is 90.4 cm³/mol. The summed E-state index contributed by atoms with van der Waals surface area (Å²) in [6, 6.07) is 3.05. The molecule has 2 aliphatic heterocycles. The summed E-state index contributed by atoms with van der Waals surface area (Å²) < 4.78 is 38.9. The van der Waals surface area contributed by atoms with Gasteiger partial charge in [-0.25, -0.2) is 13.2 Å². The van der Waals surface area contributed by atoms with Crippen LogP contribution in [0, 0.1) is 5.82 Å². The van der Waals surface area contributed by atoms with Gasteiger partial charge in [0, 0.05) is 24.3 Å². The van der Waals surface area contributed by atoms with E-state index in [0.29, 0.717) is 6.54 Å². The van der Waals surface area contributed by atoms with E-state index in [2.05, 4.69) is 10.2 Å². The fourth-order valence-electron chi connectivity index (χ4n) is 3.76. The van der Waals surface area contributed by atoms with Gasteiger partial charge in [-0.2, -0.15) is 0 Å². The molecule has 0 aromatic heterocycles. The molecule has 0 aliphatic carbocycles. The topological polar surface area (TPSA) is 52.7 Å². The maximum Gasteiger partial charge on any atom is 0.313 e. The van der Waals surface area contributed by atoms with E-state index in [0.717, 1.165) is 50.6 Å². The Balaban J connectivity index is 1.64. The Kier molecular flexibility index (Phi) is 5.50. The van der Waals surface area contributed by atoms with E-state index >= 15 is 0 Å². The van der Waals surface area contributed by atoms with Crippen LogP contribution in [0.25, 0.3) is 0 Å². The summed E-state index contributed by atoms with van der Waals surface area (Å²) in [4.78, 5) is 28.6. The zero-order valence-corrected chi connectivity index (χ0v) is 14.6. The number of halogens is 3. The summed E-state index contributed by atoms with van der Waals surface area (Å²) in [7, 11) is 0. The summed E-state index contributed by atoms with van der Waals surface area (Å²) in [6.07, 6.45) is 0.111. The lowest BCUT2D eigenvalue weighted by molar-refractivity contribution is -0.143. The average Bonchev–Trinajstić information content (AvgIpc) is 3.25. The van der Waals surface area contributed by atoms with Gasteiger partial charge >= 0.3 is 11.8 Å². The molecule has 0 saturated carbocycles. The lowest BCUT2D eigenvalue weighted by Gasteiger charge is -2.23. The zero-order chi connectivity index (χ0) is 18.8. The van der Waals surface area contributed by atoms with Crippen molar-refractivity contribution in [2.75, 3.05) is 25.0 Å². The number of carbonyl (C=O) groups excluding carboxylic acids is 2. The van der Waals surface area contributed by atoms with Crippen molar-refractivity contribution in [3.05, 3.63) is 29.6 Å². The van der Waals surface area contributed by atoms with Crippen molar-refractivity contribution in [1.29, 1.82) is 0 Å². The van der Waals surface area contributed by atoms with Crippen LogP contribution in [0.15, 0.2) is 18.2 Å². The van der Waals surface area contributed by atoms with Gasteiger partial charge in [0.25, 0.3) is 6.43 Å². The molecule has 0 bridgehead atoms. The number of likely N-dealkylation sites (tertiary alicyclic amines) is 2. The van der Waals surface area contributed by atoms with Gasteiger partial charge in [-0.05, 0) is 57.5 Å². The number of carbonyl (C=O) groups is 2. The molecule has 5 nitrogen and oxygen atoms in total. The van der Waals surface area contributed by atoms with Gasteiger partial charge in [-0.3, -0.25) is 14.5 Å². The van der Waals surface area contributed by atoms with Crippen LogP contribution in [0.3, 0.4) is 0 Å². The highest BCUT2D eigenvalue weighted by molar-refractivity contribution is 6.39. The molecule has 2 aliphatic rings. The first-order chi connectivity index (χ1) is 12.4. The van der Waals surface area contributed by atoms with Crippen LogP contribution >= 0.6 is 0 Å². The molecule has 2 fully saturated rings. The Morgan fingerprint density at radius 2 is 1.92 bits per heavy atom. The Bertz CT molecular complexity index is 692. The number of anilines is 1. The smallest absolute Gasteiger partial charge is 0.313 e. The average molecular weight is 369 g/mol. The molecular formula is C18H22F3N3O2. The lowest BCUT2D eigenvalue weighted by atomic mass is 10.2. The minimum atomic E-state index is -3.00. The van der Waals surface area contributed by atoms with Crippen molar-refractivity contribution in [3.8, 4) is 0 Å². The maximum absolute atomic E-state index is 13.3. The molecule has 2 saturated heterocycles. The Morgan fingerprint density at radius 3 is 2.58 bits per heavy atom. The summed E-state index contributed by atoms with van der Waals surface area (Å²) in [5, 5.41) is 2.30. The second-order valence-electron chi connectivity index (χ2n) is 6.93. The van der Waals surface area contributed by atoms with Crippen molar-refractivity contribution in [1.82, 2.24) is 9.80 Å². The second-order valence-corrected chi connectivity index (χ2v) is 6.93. The number of benzene rings is 1. The Morgan fingerprint density at radius 1 is 1.23 bits per heavy atom. The molecule has 0 spiro atoms. The first kappa shape index (κ1) is 18.7. The van der Waals surface area contributed by atoms with E-state index in [9.17, 15) is 22.8 Å². The fourth-order valence-corrected chi connectivity index (χ4v) is 3.76. The van der Waals surface area contributed by atoms with E-state index in [1.165, 1.54) is 4.90 Å². The SMILES string of the molecule is CC1CC(N2CCCC2)CN1C(=O)C(=O)Nc1ccc(F)c(C(F)F)c1. The summed E-state index contributed by atoms with van der Waals surface area (Å²) in [6.45, 7) is 4.41. The van der Waals surface area contributed by atoms with Crippen molar-refractivity contribution in [2.24, 2.45) is 0 Å². The molecule has 2 atom stereocenters. The highest BCUT2D eigenvalue weighted by Gasteiger charge is 2.38. The van der Waals surface area contributed by atoms with Gasteiger partial charge in [0.05, 0.1) is 5.56 Å². The molecule has 26 heavy (non-hydrogen) atoms. The van der Waals surface area contributed by atoms with Gasteiger partial charge < -0.3 is 10.2 Å². The van der Waals surface area contributed by atoms with Gasteiger partial charge in [0.2, 0.25) is 0 Å². The monoisotopic (exact) mass is 369 g/mol. The maximum atomic E-state index is 13.3. The van der Waals surface area contributed by atoms with Crippen LogP contribution in [0.4, 0.5) is 18.9 Å². The minimum absolute atomic E-state index is 0.0250. The van der Waals surface area contributed by atoms with Crippen molar-refractivity contribution in [3.63, 3.8) is 0 Å². The predicted octanol–water partition coefficient (Wildman–Crippen LogP) is 2.79. The molecule has 2 amide bonds. The number of alkyl halides is 2. The number of hydrogen-bond donors (Lipinski definition) is 1. The molecule has 8 heteroatoms. The number of nitrogens with zero attached hydrogens (tertiary/aromatic N) is 2. The number of nitrogens with one attached hydrogen (secondary N) is 1. The van der Waals surface area contributed by atoms with E-state index in [1.807, 2.05) is 6.92 Å². The first-order valence-corrected chi connectivity index (χ1v) is 8.80. The van der Waals surface area contributed by atoms with E-state index < -0.39 is 29.6 Å². The van der Waals surface area contributed by atoms with Gasteiger partial charge in [-0.15, -0.1) is 0 Å². The molecule has 0 radical (unpaired) electrons. The van der Waals surface area contributed by atoms with Gasteiger partial charge in [0.15, 0.2) is 0 Å². The standard InChI is InChI=1S/C18H22F3N3O2/c1-11-8-13(23-6-2-3-7-23)10-24(11)18(26)17(25)22-12-4-5-15(19)14(9-12)16(20)21/h4-5,9,11,13,16H,2-3,6-8,10H2,1H3,(H,22,25). The molecule has 142 valence electrons. The Labute approximate surface area is 150 Å². The fraction of sp³-hybridized carbons (Fsp3) is 0.556. The molecule has 1 aromatic carbocycles. The van der Waals surface area contributed by atoms with E-state index in [1.54, 1.807) is 0 Å². The van der Waals surface area contributed by atoms with Crippen molar-refractivity contribution >= 4 is 17.5 Å². The zero-order valence-electron chi connectivity index (χ0n) is 14.6. The number of hydrogen-bond acceptors (Lipinski definition) is 3. The van der Waals surface area contributed by atoms with Crippen LogP contribution in [-0.2, 0) is 9.59 Å². The third kappa shape index (κ3) is 3.85. The first-order valence-electron chi connectivity index (χ1n) is 8.80. The molecule has 3 rings (SSSR count). The third-order valence-electron chi connectivity index (χ3n) is 5.15. The molecule has 1 N–H and O–H groups in total. The van der Waals surface area contributed by atoms with E-state index in [-0.39, 0.29) is 17.8 Å². The van der Waals surface area contributed by atoms with Gasteiger partial charge in [0.1, 0.15) is 5.82 Å². The van der Waals surface area contributed by atoms with Gasteiger partial charge in [-0.1, -0.05) is 0 Å². The quantitative estimate of drug-likeness (QED) is 0.834. The third-order valence-corrected chi connectivity index (χ3v) is 5.15. The summed E-state index contributed by atoms with van der Waals surface area (Å²) in [5.74, 6) is -2.64. The summed E-state index contributed by atoms with van der Waals surface area (Å²) >= 11 is 0. The summed E-state index contributed by atoms with van der Waals surface area (Å²) in [5.41, 5.74) is -0.832. The normalized spacial score (nSPS) is 23.7. The van der Waals surface area contributed by atoms with Crippen molar-refractivity contribution < 1.29 is 22.8 Å².